The van der Waals surface area contributed by atoms with Crippen LogP contribution in [0, 0.1) is 26.6 Å². The van der Waals surface area contributed by atoms with E-state index in [-0.39, 0.29) is 16.8 Å². The second-order valence-corrected chi connectivity index (χ2v) is 7.54. The van der Waals surface area contributed by atoms with Crippen molar-refractivity contribution in [2.75, 3.05) is 5.32 Å². The molecular weight excluding hydrogens is 405 g/mol. The molecule has 2 aromatic rings. The first-order valence-electron chi connectivity index (χ1n) is 9.63. The lowest BCUT2D eigenvalue weighted by atomic mass is 10.1. The molecule has 8 nitrogen and oxygen atoms in total. The molecule has 3 N–H and O–H groups in total. The first-order valence-corrected chi connectivity index (χ1v) is 9.63. The van der Waals surface area contributed by atoms with E-state index in [1.54, 1.807) is 20.9 Å². The summed E-state index contributed by atoms with van der Waals surface area (Å²) in [6.45, 7) is 7.26. The number of carbonyl (C=O) groups is 4. The van der Waals surface area contributed by atoms with Gasteiger partial charge < -0.3 is 20.3 Å². The van der Waals surface area contributed by atoms with Crippen LogP contribution in [0.1, 0.15) is 51.5 Å². The normalized spacial score (nSPS) is 12.8. The summed E-state index contributed by atoms with van der Waals surface area (Å²) in [7, 11) is 1.54. The Morgan fingerprint density at radius 2 is 1.74 bits per heavy atom. The van der Waals surface area contributed by atoms with E-state index < -0.39 is 41.3 Å². The number of aliphatic hydroxyl groups is 1. The number of Topliss-reactive ketones (excluding diaryl/α,β-unsaturated/α-hetero) is 2. The standard InChI is InChI=1S/C22H26FN3O5/c1-10-9-15(7-8-16(10)23)24-21(30)17-11(2)19(26(6)12(17)3)20(29)22(31)25-18(13(4)27)14(5)28/h7-9,13,18,27H,1-6H3,(H,24,30)(H,25,31)/t13-,18+/m1/s1. The number of rotatable bonds is 7. The van der Waals surface area contributed by atoms with Crippen molar-refractivity contribution in [1.29, 1.82) is 0 Å². The average molecular weight is 431 g/mol. The Kier molecular flexibility index (Phi) is 7.12. The largest absolute Gasteiger partial charge is 0.391 e. The maximum atomic E-state index is 13.5. The SMILES string of the molecule is CC(=O)[C@@H](NC(=O)C(=O)c1c(C)c(C(=O)Nc2ccc(F)c(C)c2)c(C)n1C)[C@@H](C)O. The third kappa shape index (κ3) is 4.88. The van der Waals surface area contributed by atoms with Crippen molar-refractivity contribution < 1.29 is 28.7 Å². The van der Waals surface area contributed by atoms with Gasteiger partial charge in [-0.25, -0.2) is 4.39 Å². The van der Waals surface area contributed by atoms with Crippen LogP contribution in [-0.4, -0.2) is 45.2 Å². The van der Waals surface area contributed by atoms with Crippen molar-refractivity contribution >= 4 is 29.1 Å². The van der Waals surface area contributed by atoms with Crippen molar-refractivity contribution in [3.63, 3.8) is 0 Å². The lowest BCUT2D eigenvalue weighted by Crippen LogP contribution is -2.49. The summed E-state index contributed by atoms with van der Waals surface area (Å²) in [6, 6.07) is 2.93. The van der Waals surface area contributed by atoms with Gasteiger partial charge >= 0.3 is 0 Å². The topological polar surface area (TPSA) is 118 Å². The van der Waals surface area contributed by atoms with Crippen LogP contribution in [0.15, 0.2) is 18.2 Å². The Bertz CT molecular complexity index is 1070. The van der Waals surface area contributed by atoms with Crippen molar-refractivity contribution in [2.24, 2.45) is 7.05 Å². The molecule has 0 saturated carbocycles. The second-order valence-electron chi connectivity index (χ2n) is 7.54. The highest BCUT2D eigenvalue weighted by Gasteiger charge is 2.31. The quantitative estimate of drug-likeness (QED) is 0.458. The number of nitrogens with one attached hydrogen (secondary N) is 2. The molecule has 1 aromatic heterocycles. The first-order chi connectivity index (χ1) is 14.4. The van der Waals surface area contributed by atoms with Gasteiger partial charge in [0.15, 0.2) is 5.78 Å². The van der Waals surface area contributed by atoms with Crippen LogP contribution in [0.3, 0.4) is 0 Å². The monoisotopic (exact) mass is 431 g/mol. The number of aliphatic hydroxyl groups excluding tert-OH is 1. The zero-order chi connectivity index (χ0) is 23.6. The van der Waals surface area contributed by atoms with Crippen LogP contribution < -0.4 is 10.6 Å². The molecule has 2 rings (SSSR count). The summed E-state index contributed by atoms with van der Waals surface area (Å²) in [6.07, 6.45) is -1.18. The second kappa shape index (κ2) is 9.22. The van der Waals surface area contributed by atoms with Crippen molar-refractivity contribution in [2.45, 2.75) is 46.8 Å². The van der Waals surface area contributed by atoms with Crippen LogP contribution in [0.4, 0.5) is 10.1 Å². The van der Waals surface area contributed by atoms with Gasteiger partial charge in [-0.3, -0.25) is 19.2 Å². The van der Waals surface area contributed by atoms with Gasteiger partial charge in [0.1, 0.15) is 11.9 Å². The van der Waals surface area contributed by atoms with E-state index in [4.69, 9.17) is 0 Å². The lowest BCUT2D eigenvalue weighted by Gasteiger charge is -2.18. The maximum Gasteiger partial charge on any atom is 0.294 e. The van der Waals surface area contributed by atoms with Gasteiger partial charge in [-0.05, 0) is 63.9 Å². The van der Waals surface area contributed by atoms with E-state index >= 15 is 0 Å². The summed E-state index contributed by atoms with van der Waals surface area (Å²) in [5.74, 6) is -3.41. The summed E-state index contributed by atoms with van der Waals surface area (Å²) < 4.78 is 14.9. The number of halogens is 1. The average Bonchev–Trinajstić information content (AvgIpc) is 2.90. The van der Waals surface area contributed by atoms with E-state index in [1.807, 2.05) is 0 Å². The number of benzene rings is 1. The van der Waals surface area contributed by atoms with Crippen molar-refractivity contribution in [3.8, 4) is 0 Å². The van der Waals surface area contributed by atoms with Crippen LogP contribution >= 0.6 is 0 Å². The van der Waals surface area contributed by atoms with E-state index in [2.05, 4.69) is 10.6 Å². The van der Waals surface area contributed by atoms with Crippen LogP contribution in [0.25, 0.3) is 0 Å². The zero-order valence-electron chi connectivity index (χ0n) is 18.3. The van der Waals surface area contributed by atoms with Gasteiger partial charge in [-0.15, -0.1) is 0 Å². The predicted octanol–water partition coefficient (Wildman–Crippen LogP) is 1.98. The summed E-state index contributed by atoms with van der Waals surface area (Å²) in [5.41, 5.74) is 1.68. The van der Waals surface area contributed by atoms with Crippen LogP contribution in [0.5, 0.6) is 0 Å². The molecule has 0 radical (unpaired) electrons. The Hall–Kier alpha value is -3.33. The number of carbonyl (C=O) groups excluding carboxylic acids is 4. The van der Waals surface area contributed by atoms with Crippen LogP contribution in [0.2, 0.25) is 0 Å². The highest BCUT2D eigenvalue weighted by Crippen LogP contribution is 2.24. The van der Waals surface area contributed by atoms with E-state index in [0.29, 0.717) is 16.9 Å². The number of amides is 2. The van der Waals surface area contributed by atoms with Gasteiger partial charge in [-0.2, -0.15) is 0 Å². The fourth-order valence-electron chi connectivity index (χ4n) is 3.43. The highest BCUT2D eigenvalue weighted by molar-refractivity contribution is 6.43. The predicted molar refractivity (Wildman–Crippen MR) is 113 cm³/mol. The molecule has 166 valence electrons. The molecule has 2 atom stereocenters. The molecule has 0 bridgehead atoms. The maximum absolute atomic E-state index is 13.5. The molecule has 0 aliphatic heterocycles. The molecule has 0 aliphatic carbocycles. The number of ketones is 2. The number of hydrogen-bond acceptors (Lipinski definition) is 5. The molecule has 1 heterocycles. The molecule has 0 aliphatic rings. The molecule has 0 spiro atoms. The lowest BCUT2D eigenvalue weighted by molar-refractivity contribution is -0.126. The summed E-state index contributed by atoms with van der Waals surface area (Å²) >= 11 is 0. The van der Waals surface area contributed by atoms with E-state index in [9.17, 15) is 28.7 Å². The van der Waals surface area contributed by atoms with Gasteiger partial charge in [0.25, 0.3) is 17.6 Å². The van der Waals surface area contributed by atoms with Crippen molar-refractivity contribution in [1.82, 2.24) is 9.88 Å². The Morgan fingerprint density at radius 1 is 1.13 bits per heavy atom. The number of hydrogen-bond donors (Lipinski definition) is 3. The Morgan fingerprint density at radius 3 is 2.26 bits per heavy atom. The fraction of sp³-hybridized carbons (Fsp3) is 0.364. The number of aromatic nitrogens is 1. The van der Waals surface area contributed by atoms with Gasteiger partial charge in [0, 0.05) is 18.4 Å². The fourth-order valence-corrected chi connectivity index (χ4v) is 3.43. The van der Waals surface area contributed by atoms with Gasteiger partial charge in [0.05, 0.1) is 17.4 Å². The molecule has 0 saturated heterocycles. The molecule has 2 amide bonds. The summed E-state index contributed by atoms with van der Waals surface area (Å²) in [4.78, 5) is 49.7. The molecular formula is C22H26FN3O5. The third-order valence-electron chi connectivity index (χ3n) is 5.20. The minimum absolute atomic E-state index is 0.0108. The van der Waals surface area contributed by atoms with E-state index in [0.717, 1.165) is 0 Å². The first kappa shape index (κ1) is 23.9. The number of anilines is 1. The smallest absolute Gasteiger partial charge is 0.294 e. The minimum Gasteiger partial charge on any atom is -0.391 e. The minimum atomic E-state index is -1.22. The van der Waals surface area contributed by atoms with Crippen LogP contribution in [-0.2, 0) is 16.6 Å². The third-order valence-corrected chi connectivity index (χ3v) is 5.20. The molecule has 1 aromatic carbocycles. The highest BCUT2D eigenvalue weighted by atomic mass is 19.1. The van der Waals surface area contributed by atoms with Crippen molar-refractivity contribution in [3.05, 3.63) is 52.1 Å². The molecule has 9 heteroatoms. The molecule has 0 unspecified atom stereocenters. The number of nitrogens with zero attached hydrogens (tertiary/aromatic N) is 1. The molecule has 0 fully saturated rings. The summed E-state index contributed by atoms with van der Waals surface area (Å²) in [5, 5.41) is 14.6. The Balaban J connectivity index is 2.35. The number of aryl methyl sites for hydroxylation is 1. The van der Waals surface area contributed by atoms with E-state index in [1.165, 1.54) is 43.5 Å². The molecule has 31 heavy (non-hydrogen) atoms. The van der Waals surface area contributed by atoms with Gasteiger partial charge in [0.2, 0.25) is 0 Å². The van der Waals surface area contributed by atoms with Gasteiger partial charge in [-0.1, -0.05) is 0 Å². The zero-order valence-corrected chi connectivity index (χ0v) is 18.3. The Labute approximate surface area is 179 Å².